The Hall–Kier alpha value is -1.66. The van der Waals surface area contributed by atoms with Crippen molar-refractivity contribution in [2.75, 3.05) is 26.9 Å². The summed E-state index contributed by atoms with van der Waals surface area (Å²) >= 11 is 0. The van der Waals surface area contributed by atoms with Crippen LogP contribution in [0.3, 0.4) is 0 Å². The maximum absolute atomic E-state index is 11.5. The van der Waals surface area contributed by atoms with Gasteiger partial charge >= 0.3 is 0 Å². The van der Waals surface area contributed by atoms with Gasteiger partial charge in [0, 0.05) is 19.1 Å². The summed E-state index contributed by atoms with van der Waals surface area (Å²) < 4.78 is 10.4. The number of hydrogen-bond donors (Lipinski definition) is 2. The molecule has 0 unspecified atom stereocenters. The second-order valence-electron chi connectivity index (χ2n) is 4.81. The quantitative estimate of drug-likeness (QED) is 0.638. The molecule has 6 nitrogen and oxygen atoms in total. The van der Waals surface area contributed by atoms with Crippen LogP contribution in [-0.2, 0) is 4.74 Å². The van der Waals surface area contributed by atoms with Gasteiger partial charge in [-0.1, -0.05) is 19.8 Å². The molecule has 21 heavy (non-hydrogen) atoms. The van der Waals surface area contributed by atoms with E-state index in [1.165, 1.54) is 0 Å². The van der Waals surface area contributed by atoms with Gasteiger partial charge in [0.25, 0.3) is 5.91 Å². The Bertz CT molecular complexity index is 451. The molecule has 6 heteroatoms. The van der Waals surface area contributed by atoms with Crippen LogP contribution in [0.15, 0.2) is 12.1 Å². The van der Waals surface area contributed by atoms with E-state index >= 15 is 0 Å². The number of unbranched alkanes of at least 4 members (excludes halogenated alkanes) is 1. The zero-order valence-electron chi connectivity index (χ0n) is 12.7. The topological polar surface area (TPSA) is 94.7 Å². The summed E-state index contributed by atoms with van der Waals surface area (Å²) in [4.78, 5) is 15.9. The third-order valence-electron chi connectivity index (χ3n) is 3.22. The van der Waals surface area contributed by atoms with Crippen molar-refractivity contribution in [2.45, 2.75) is 32.1 Å². The summed E-state index contributed by atoms with van der Waals surface area (Å²) in [6.07, 6.45) is 2.70. The lowest BCUT2D eigenvalue weighted by Gasteiger charge is -2.17. The maximum Gasteiger partial charge on any atom is 0.250 e. The normalized spacial score (nSPS) is 12.1. The van der Waals surface area contributed by atoms with Crippen molar-refractivity contribution in [1.29, 1.82) is 0 Å². The first-order valence-electron chi connectivity index (χ1n) is 7.17. The van der Waals surface area contributed by atoms with Crippen molar-refractivity contribution in [1.82, 2.24) is 4.98 Å². The molecule has 0 aliphatic heterocycles. The van der Waals surface area contributed by atoms with E-state index in [9.17, 15) is 9.90 Å². The molecule has 0 aliphatic carbocycles. The van der Waals surface area contributed by atoms with Crippen molar-refractivity contribution in [3.05, 3.63) is 23.4 Å². The van der Waals surface area contributed by atoms with Crippen molar-refractivity contribution in [2.24, 2.45) is 5.73 Å². The largest absolute Gasteiger partial charge is 0.475 e. The average Bonchev–Trinajstić information content (AvgIpc) is 2.48. The van der Waals surface area contributed by atoms with Crippen LogP contribution in [0.1, 0.15) is 48.2 Å². The smallest absolute Gasteiger partial charge is 0.250 e. The maximum atomic E-state index is 11.5. The molecule has 0 saturated heterocycles. The third kappa shape index (κ3) is 5.32. The molecule has 1 aromatic heterocycles. The van der Waals surface area contributed by atoms with Gasteiger partial charge in [-0.3, -0.25) is 4.79 Å². The van der Waals surface area contributed by atoms with Gasteiger partial charge in [0.2, 0.25) is 5.88 Å². The number of carbonyl (C=O) groups excluding carboxylic acids is 1. The van der Waals surface area contributed by atoms with E-state index in [2.05, 4.69) is 11.9 Å². The summed E-state index contributed by atoms with van der Waals surface area (Å²) in [6, 6.07) is 3.20. The monoisotopic (exact) mass is 296 g/mol. The minimum absolute atomic E-state index is 0.0746. The van der Waals surface area contributed by atoms with E-state index in [0.29, 0.717) is 30.4 Å². The first-order chi connectivity index (χ1) is 10.1. The molecule has 0 saturated carbocycles. The third-order valence-corrected chi connectivity index (χ3v) is 3.22. The number of rotatable bonds is 10. The van der Waals surface area contributed by atoms with Crippen LogP contribution in [0.25, 0.3) is 0 Å². The lowest BCUT2D eigenvalue weighted by Crippen LogP contribution is -2.19. The van der Waals surface area contributed by atoms with Crippen molar-refractivity contribution in [3.63, 3.8) is 0 Å². The fourth-order valence-electron chi connectivity index (χ4n) is 2.05. The van der Waals surface area contributed by atoms with E-state index in [0.717, 1.165) is 19.3 Å². The van der Waals surface area contributed by atoms with E-state index in [-0.39, 0.29) is 12.5 Å². The molecular weight excluding hydrogens is 272 g/mol. The molecule has 0 radical (unpaired) electrons. The minimum Gasteiger partial charge on any atom is -0.475 e. The Labute approximate surface area is 125 Å². The lowest BCUT2D eigenvalue weighted by atomic mass is 9.95. The van der Waals surface area contributed by atoms with E-state index < -0.39 is 5.91 Å². The standard InChI is InChI=1S/C15H24N2O4/c1-3-4-5-11(10-18)14-12(15(16)19)6-7-13(17-14)21-9-8-20-2/h6-7,11,18H,3-5,8-10H2,1-2H3,(H2,16,19)/t11-/m0/s1. The van der Waals surface area contributed by atoms with Gasteiger partial charge in [0.15, 0.2) is 0 Å². The molecule has 1 rings (SSSR count). The summed E-state index contributed by atoms with van der Waals surface area (Å²) in [7, 11) is 1.59. The van der Waals surface area contributed by atoms with E-state index in [1.807, 2.05) is 0 Å². The highest BCUT2D eigenvalue weighted by molar-refractivity contribution is 5.94. The number of pyridine rings is 1. The number of carbonyl (C=O) groups is 1. The lowest BCUT2D eigenvalue weighted by molar-refractivity contribution is 0.0997. The molecule has 1 aromatic rings. The van der Waals surface area contributed by atoms with Crippen LogP contribution in [-0.4, -0.2) is 42.9 Å². The number of aromatic nitrogens is 1. The highest BCUT2D eigenvalue weighted by Crippen LogP contribution is 2.25. The predicted molar refractivity (Wildman–Crippen MR) is 79.5 cm³/mol. The summed E-state index contributed by atoms with van der Waals surface area (Å²) in [5.41, 5.74) is 6.23. The first kappa shape index (κ1) is 17.4. The molecule has 118 valence electrons. The molecular formula is C15H24N2O4. The molecule has 1 amide bonds. The van der Waals surface area contributed by atoms with Gasteiger partial charge in [-0.05, 0) is 12.5 Å². The van der Waals surface area contributed by atoms with Crippen LogP contribution in [0, 0.1) is 0 Å². The number of ether oxygens (including phenoxy) is 2. The number of nitrogens with two attached hydrogens (primary N) is 1. The highest BCUT2D eigenvalue weighted by Gasteiger charge is 2.20. The molecule has 1 heterocycles. The Kier molecular flexibility index (Phi) is 7.71. The molecule has 0 fully saturated rings. The zero-order chi connectivity index (χ0) is 15.7. The van der Waals surface area contributed by atoms with Gasteiger partial charge in [-0.15, -0.1) is 0 Å². The fourth-order valence-corrected chi connectivity index (χ4v) is 2.05. The number of aliphatic hydroxyl groups is 1. The second-order valence-corrected chi connectivity index (χ2v) is 4.81. The van der Waals surface area contributed by atoms with Gasteiger partial charge in [-0.2, -0.15) is 0 Å². The highest BCUT2D eigenvalue weighted by atomic mass is 16.5. The Morgan fingerprint density at radius 3 is 2.76 bits per heavy atom. The molecule has 0 aromatic carbocycles. The Morgan fingerprint density at radius 2 is 2.19 bits per heavy atom. The molecule has 0 aliphatic rings. The SMILES string of the molecule is CCCC[C@@H](CO)c1nc(OCCOC)ccc1C(N)=O. The fraction of sp³-hybridized carbons (Fsp3) is 0.600. The van der Waals surface area contributed by atoms with Crippen molar-refractivity contribution < 1.29 is 19.4 Å². The number of hydrogen-bond acceptors (Lipinski definition) is 5. The van der Waals surface area contributed by atoms with Gasteiger partial charge < -0.3 is 20.3 Å². The molecule has 1 atom stereocenters. The van der Waals surface area contributed by atoms with E-state index in [1.54, 1.807) is 19.2 Å². The second kappa shape index (κ2) is 9.31. The van der Waals surface area contributed by atoms with Crippen molar-refractivity contribution >= 4 is 5.91 Å². The van der Waals surface area contributed by atoms with E-state index in [4.69, 9.17) is 15.2 Å². The summed E-state index contributed by atoms with van der Waals surface area (Å²) in [5, 5.41) is 9.56. The number of nitrogens with zero attached hydrogens (tertiary/aromatic N) is 1. The first-order valence-corrected chi connectivity index (χ1v) is 7.17. The van der Waals surface area contributed by atoms with Crippen LogP contribution in [0.5, 0.6) is 5.88 Å². The molecule has 0 bridgehead atoms. The van der Waals surface area contributed by atoms with Crippen LogP contribution < -0.4 is 10.5 Å². The number of aliphatic hydroxyl groups excluding tert-OH is 1. The Balaban J connectivity index is 2.98. The molecule has 0 spiro atoms. The van der Waals surface area contributed by atoms with Crippen LogP contribution in [0.2, 0.25) is 0 Å². The number of amides is 1. The van der Waals surface area contributed by atoms with Crippen LogP contribution in [0.4, 0.5) is 0 Å². The average molecular weight is 296 g/mol. The summed E-state index contributed by atoms with van der Waals surface area (Å²) in [5.74, 6) is -0.351. The minimum atomic E-state index is -0.545. The predicted octanol–water partition coefficient (Wildman–Crippen LogP) is 1.47. The van der Waals surface area contributed by atoms with Gasteiger partial charge in [0.05, 0.1) is 24.5 Å². The number of methoxy groups -OCH3 is 1. The zero-order valence-corrected chi connectivity index (χ0v) is 12.7. The van der Waals surface area contributed by atoms with Crippen LogP contribution >= 0.6 is 0 Å². The van der Waals surface area contributed by atoms with Crippen molar-refractivity contribution in [3.8, 4) is 5.88 Å². The molecule has 3 N–H and O–H groups in total. The van der Waals surface area contributed by atoms with Gasteiger partial charge in [-0.25, -0.2) is 4.98 Å². The van der Waals surface area contributed by atoms with Gasteiger partial charge in [0.1, 0.15) is 6.61 Å². The number of primary amides is 1. The Morgan fingerprint density at radius 1 is 1.43 bits per heavy atom. The summed E-state index contributed by atoms with van der Waals surface area (Å²) in [6.45, 7) is 2.82.